The third-order valence-electron chi connectivity index (χ3n) is 3.05. The van der Waals surface area contributed by atoms with Crippen molar-refractivity contribution in [3.63, 3.8) is 0 Å². The third-order valence-corrected chi connectivity index (χ3v) is 3.05. The van der Waals surface area contributed by atoms with Crippen molar-refractivity contribution < 1.29 is 19.1 Å². The predicted octanol–water partition coefficient (Wildman–Crippen LogP) is 1.19. The number of phenolic OH excluding ortho intramolecular Hbond substituents is 1. The Morgan fingerprint density at radius 3 is 2.50 bits per heavy atom. The molecule has 2 aromatic rings. The minimum atomic E-state index is -0.934. The number of carbonyl (C=O) groups excluding carboxylic acids is 2. The fourth-order valence-electron chi connectivity index (χ4n) is 1.96. The predicted molar refractivity (Wildman–Crippen MR) is 77.4 cm³/mol. The summed E-state index contributed by atoms with van der Waals surface area (Å²) in [6.45, 7) is 1.74. The summed E-state index contributed by atoms with van der Waals surface area (Å²) in [5, 5.41) is 18.4. The number of hydrogen-bond acceptors (Lipinski definition) is 4. The van der Waals surface area contributed by atoms with Crippen molar-refractivity contribution >= 4 is 17.6 Å². The molecule has 1 aromatic heterocycles. The van der Waals surface area contributed by atoms with E-state index in [4.69, 9.17) is 0 Å². The molecule has 0 bridgehead atoms. The van der Waals surface area contributed by atoms with Gasteiger partial charge in [0.15, 0.2) is 5.82 Å². The highest BCUT2D eigenvalue weighted by atomic mass is 19.1. The summed E-state index contributed by atoms with van der Waals surface area (Å²) in [6.07, 6.45) is 1.69. The van der Waals surface area contributed by atoms with Crippen LogP contribution < -0.4 is 10.6 Å². The normalized spacial score (nSPS) is 10.4. The second-order valence-electron chi connectivity index (χ2n) is 4.72. The number of nitrogens with zero attached hydrogens (tertiary/aromatic N) is 2. The lowest BCUT2D eigenvalue weighted by molar-refractivity contribution is 0.0960. The highest BCUT2D eigenvalue weighted by Crippen LogP contribution is 2.23. The molecule has 2 rings (SSSR count). The Balaban J connectivity index is 2.37. The maximum Gasteiger partial charge on any atom is 0.259 e. The zero-order chi connectivity index (χ0) is 16.4. The van der Waals surface area contributed by atoms with Crippen LogP contribution >= 0.6 is 0 Å². The first-order chi connectivity index (χ1) is 10.3. The molecule has 0 radical (unpaired) electrons. The average Bonchev–Trinajstić information content (AvgIpc) is 2.76. The summed E-state index contributed by atoms with van der Waals surface area (Å²) in [6, 6.07) is 1.72. The summed E-state index contributed by atoms with van der Waals surface area (Å²) in [5.41, 5.74) is 0.162. The molecule has 0 spiro atoms. The number of nitrogens with one attached hydrogen (secondary N) is 2. The van der Waals surface area contributed by atoms with Crippen LogP contribution in [0.2, 0.25) is 0 Å². The molecule has 0 atom stereocenters. The number of hydrogen-bond donors (Lipinski definition) is 3. The van der Waals surface area contributed by atoms with Gasteiger partial charge in [-0.05, 0) is 13.0 Å². The second kappa shape index (κ2) is 5.84. The Labute approximate surface area is 125 Å². The first-order valence-electron chi connectivity index (χ1n) is 6.39. The van der Waals surface area contributed by atoms with E-state index in [1.807, 2.05) is 0 Å². The standard InChI is InChI=1S/C14H15FN4O3/c1-7-6-19(3)18-12(7)17-14(22)8-4-9(13(21)16-2)11(20)5-10(8)15/h4-6,20H,1-3H3,(H,16,21)(H,17,18,22). The van der Waals surface area contributed by atoms with E-state index in [0.717, 1.165) is 12.1 Å². The van der Waals surface area contributed by atoms with Gasteiger partial charge in [-0.25, -0.2) is 4.39 Å². The lowest BCUT2D eigenvalue weighted by Gasteiger charge is -2.08. The van der Waals surface area contributed by atoms with Gasteiger partial charge in [-0.15, -0.1) is 0 Å². The summed E-state index contributed by atoms with van der Waals surface area (Å²) < 4.78 is 15.4. The Hall–Kier alpha value is -2.90. The topological polar surface area (TPSA) is 96.3 Å². The Kier molecular flexibility index (Phi) is 4.11. The Morgan fingerprint density at radius 1 is 1.27 bits per heavy atom. The summed E-state index contributed by atoms with van der Waals surface area (Å²) in [5.74, 6) is -2.56. The summed E-state index contributed by atoms with van der Waals surface area (Å²) in [7, 11) is 3.05. The van der Waals surface area contributed by atoms with Crippen LogP contribution in [0.5, 0.6) is 5.75 Å². The van der Waals surface area contributed by atoms with Crippen molar-refractivity contribution in [2.24, 2.45) is 7.05 Å². The van der Waals surface area contributed by atoms with E-state index in [1.54, 1.807) is 20.2 Å². The number of benzene rings is 1. The van der Waals surface area contributed by atoms with Crippen LogP contribution in [0.4, 0.5) is 10.2 Å². The van der Waals surface area contributed by atoms with E-state index in [0.29, 0.717) is 11.4 Å². The number of aromatic nitrogens is 2. The van der Waals surface area contributed by atoms with Crippen molar-refractivity contribution in [2.75, 3.05) is 12.4 Å². The molecule has 0 saturated heterocycles. The van der Waals surface area contributed by atoms with Crippen molar-refractivity contribution in [3.05, 3.63) is 40.8 Å². The highest BCUT2D eigenvalue weighted by molar-refractivity contribution is 6.06. The van der Waals surface area contributed by atoms with Crippen molar-refractivity contribution in [3.8, 4) is 5.75 Å². The zero-order valence-electron chi connectivity index (χ0n) is 12.3. The molecule has 7 nitrogen and oxygen atoms in total. The molecule has 0 aliphatic heterocycles. The zero-order valence-corrected chi connectivity index (χ0v) is 12.3. The largest absolute Gasteiger partial charge is 0.507 e. The molecular formula is C14H15FN4O3. The number of aromatic hydroxyl groups is 1. The molecule has 0 unspecified atom stereocenters. The monoisotopic (exact) mass is 306 g/mol. The third kappa shape index (κ3) is 2.90. The van der Waals surface area contributed by atoms with Crippen LogP contribution in [0.1, 0.15) is 26.3 Å². The van der Waals surface area contributed by atoms with E-state index in [2.05, 4.69) is 15.7 Å². The van der Waals surface area contributed by atoms with Gasteiger partial charge in [-0.2, -0.15) is 5.10 Å². The van der Waals surface area contributed by atoms with Crippen molar-refractivity contribution in [1.29, 1.82) is 0 Å². The maximum atomic E-state index is 13.9. The minimum absolute atomic E-state index is 0.188. The molecule has 22 heavy (non-hydrogen) atoms. The first kappa shape index (κ1) is 15.5. The summed E-state index contributed by atoms with van der Waals surface area (Å²) >= 11 is 0. The second-order valence-corrected chi connectivity index (χ2v) is 4.72. The molecule has 0 saturated carbocycles. The molecule has 116 valence electrons. The van der Waals surface area contributed by atoms with E-state index < -0.39 is 23.4 Å². The molecule has 3 N–H and O–H groups in total. The van der Waals surface area contributed by atoms with Crippen LogP contribution in [-0.4, -0.2) is 33.7 Å². The van der Waals surface area contributed by atoms with Crippen LogP contribution in [-0.2, 0) is 7.05 Å². The molecule has 2 amide bonds. The van der Waals surface area contributed by atoms with Gasteiger partial charge in [-0.3, -0.25) is 14.3 Å². The van der Waals surface area contributed by atoms with Crippen LogP contribution in [0, 0.1) is 12.7 Å². The van der Waals surface area contributed by atoms with E-state index >= 15 is 0 Å². The van der Waals surface area contributed by atoms with Gasteiger partial charge < -0.3 is 15.7 Å². The number of aryl methyl sites for hydroxylation is 2. The van der Waals surface area contributed by atoms with Crippen LogP contribution in [0.3, 0.4) is 0 Å². The molecule has 1 heterocycles. The smallest absolute Gasteiger partial charge is 0.259 e. The maximum absolute atomic E-state index is 13.9. The number of halogens is 1. The van der Waals surface area contributed by atoms with Crippen LogP contribution in [0.15, 0.2) is 18.3 Å². The van der Waals surface area contributed by atoms with Gasteiger partial charge in [0.05, 0.1) is 11.1 Å². The van der Waals surface area contributed by atoms with Crippen LogP contribution in [0.25, 0.3) is 0 Å². The van der Waals surface area contributed by atoms with Crippen molar-refractivity contribution in [2.45, 2.75) is 6.92 Å². The Morgan fingerprint density at radius 2 is 1.95 bits per heavy atom. The SMILES string of the molecule is CNC(=O)c1cc(C(=O)Nc2nn(C)cc2C)c(F)cc1O. The molecule has 0 fully saturated rings. The van der Waals surface area contributed by atoms with Gasteiger partial charge in [0.25, 0.3) is 11.8 Å². The van der Waals surface area contributed by atoms with Gasteiger partial charge >= 0.3 is 0 Å². The van der Waals surface area contributed by atoms with E-state index in [-0.39, 0.29) is 11.1 Å². The lowest BCUT2D eigenvalue weighted by atomic mass is 10.1. The number of anilines is 1. The number of rotatable bonds is 3. The van der Waals surface area contributed by atoms with E-state index in [1.165, 1.54) is 11.7 Å². The molecule has 0 aliphatic carbocycles. The van der Waals surface area contributed by atoms with Gasteiger partial charge in [0.2, 0.25) is 0 Å². The van der Waals surface area contributed by atoms with Gasteiger partial charge in [0, 0.05) is 31.9 Å². The first-order valence-corrected chi connectivity index (χ1v) is 6.39. The van der Waals surface area contributed by atoms with Crippen molar-refractivity contribution in [1.82, 2.24) is 15.1 Å². The van der Waals surface area contributed by atoms with E-state index in [9.17, 15) is 19.1 Å². The summed E-state index contributed by atoms with van der Waals surface area (Å²) in [4.78, 5) is 23.8. The number of phenols is 1. The van der Waals surface area contributed by atoms with Gasteiger partial charge in [0.1, 0.15) is 11.6 Å². The number of amides is 2. The Bertz CT molecular complexity index is 755. The highest BCUT2D eigenvalue weighted by Gasteiger charge is 2.20. The average molecular weight is 306 g/mol. The molecule has 8 heteroatoms. The fourth-order valence-corrected chi connectivity index (χ4v) is 1.96. The van der Waals surface area contributed by atoms with Gasteiger partial charge in [-0.1, -0.05) is 0 Å². The lowest BCUT2D eigenvalue weighted by Crippen LogP contribution is -2.20. The molecule has 1 aromatic carbocycles. The minimum Gasteiger partial charge on any atom is -0.507 e. The quantitative estimate of drug-likeness (QED) is 0.793. The molecule has 0 aliphatic rings. The molecular weight excluding hydrogens is 291 g/mol. The number of carbonyl (C=O) groups is 2. The fraction of sp³-hybridized carbons (Fsp3) is 0.214.